The molecule has 0 fully saturated rings. The number of hydrogen-bond donors (Lipinski definition) is 1. The van der Waals surface area contributed by atoms with E-state index in [1.165, 1.54) is 19.2 Å². The lowest BCUT2D eigenvalue weighted by Gasteiger charge is -2.07. The van der Waals surface area contributed by atoms with Crippen molar-refractivity contribution in [3.05, 3.63) is 29.6 Å². The van der Waals surface area contributed by atoms with E-state index in [-0.39, 0.29) is 11.6 Å². The summed E-state index contributed by atoms with van der Waals surface area (Å²) in [6.45, 7) is 1.78. The van der Waals surface area contributed by atoms with Gasteiger partial charge in [-0.15, -0.1) is 0 Å². The van der Waals surface area contributed by atoms with Gasteiger partial charge in [-0.25, -0.2) is 4.39 Å². The molecule has 1 aromatic carbocycles. The van der Waals surface area contributed by atoms with Crippen LogP contribution in [0.15, 0.2) is 22.7 Å². The average molecular weight is 222 g/mol. The number of nitrogens with two attached hydrogens (primary N) is 1. The van der Waals surface area contributed by atoms with Crippen molar-refractivity contribution in [2.24, 2.45) is 0 Å². The van der Waals surface area contributed by atoms with Crippen LogP contribution in [0.1, 0.15) is 5.56 Å². The Labute approximate surface area is 91.8 Å². The van der Waals surface area contributed by atoms with Gasteiger partial charge in [0.15, 0.2) is 23.1 Å². The van der Waals surface area contributed by atoms with E-state index >= 15 is 0 Å². The highest BCUT2D eigenvalue weighted by atomic mass is 19.1. The predicted molar refractivity (Wildman–Crippen MR) is 57.6 cm³/mol. The fourth-order valence-corrected chi connectivity index (χ4v) is 1.54. The van der Waals surface area contributed by atoms with Crippen LogP contribution in [-0.4, -0.2) is 12.3 Å². The van der Waals surface area contributed by atoms with E-state index in [0.29, 0.717) is 11.3 Å². The van der Waals surface area contributed by atoms with Crippen molar-refractivity contribution in [3.63, 3.8) is 0 Å². The summed E-state index contributed by atoms with van der Waals surface area (Å²) in [5.41, 5.74) is 6.71. The fraction of sp³-hybridized carbons (Fsp3) is 0.182. The molecule has 0 radical (unpaired) electrons. The second kappa shape index (κ2) is 3.84. The summed E-state index contributed by atoms with van der Waals surface area (Å²) in [6.07, 6.45) is 0. The van der Waals surface area contributed by atoms with E-state index in [9.17, 15) is 4.39 Å². The van der Waals surface area contributed by atoms with Gasteiger partial charge in [0.05, 0.1) is 12.7 Å². The van der Waals surface area contributed by atoms with Crippen LogP contribution in [0.4, 0.5) is 10.2 Å². The molecular formula is C11H11FN2O2. The maximum atomic E-state index is 13.6. The Bertz CT molecular complexity index is 523. The molecule has 1 aromatic heterocycles. The molecule has 0 saturated carbocycles. The lowest BCUT2D eigenvalue weighted by molar-refractivity contribution is 0.382. The molecule has 0 spiro atoms. The minimum atomic E-state index is -0.438. The Morgan fingerprint density at radius 3 is 2.69 bits per heavy atom. The number of benzene rings is 1. The number of nitrogen functional groups attached to an aromatic ring is 1. The Morgan fingerprint density at radius 1 is 1.38 bits per heavy atom. The van der Waals surface area contributed by atoms with E-state index < -0.39 is 5.82 Å². The molecule has 4 nitrogen and oxygen atoms in total. The molecule has 0 saturated heterocycles. The first-order valence-electron chi connectivity index (χ1n) is 4.68. The van der Waals surface area contributed by atoms with Crippen molar-refractivity contribution in [3.8, 4) is 17.1 Å². The van der Waals surface area contributed by atoms with Gasteiger partial charge in [0.1, 0.15) is 0 Å². The van der Waals surface area contributed by atoms with E-state index in [1.807, 2.05) is 0 Å². The van der Waals surface area contributed by atoms with Gasteiger partial charge in [0.2, 0.25) is 0 Å². The molecule has 0 aliphatic carbocycles. The number of aromatic nitrogens is 1. The van der Waals surface area contributed by atoms with E-state index in [4.69, 9.17) is 15.0 Å². The zero-order valence-electron chi connectivity index (χ0n) is 8.95. The lowest BCUT2D eigenvalue weighted by atomic mass is 10.1. The number of aryl methyl sites for hydroxylation is 1. The maximum Gasteiger partial charge on any atom is 0.172 e. The first-order chi connectivity index (χ1) is 7.61. The Balaban J connectivity index is 2.63. The average Bonchev–Trinajstić information content (AvgIpc) is 2.63. The number of anilines is 1. The zero-order chi connectivity index (χ0) is 11.7. The molecule has 0 aliphatic rings. The molecular weight excluding hydrogens is 211 g/mol. The first kappa shape index (κ1) is 10.5. The van der Waals surface area contributed by atoms with Gasteiger partial charge in [0, 0.05) is 6.07 Å². The third-order valence-electron chi connectivity index (χ3n) is 2.19. The molecule has 0 unspecified atom stereocenters. The molecule has 0 aliphatic heterocycles. The van der Waals surface area contributed by atoms with Gasteiger partial charge in [-0.3, -0.25) is 0 Å². The summed E-state index contributed by atoms with van der Waals surface area (Å²) in [4.78, 5) is 0. The topological polar surface area (TPSA) is 61.3 Å². The van der Waals surface area contributed by atoms with Gasteiger partial charge < -0.3 is 15.0 Å². The van der Waals surface area contributed by atoms with E-state index in [2.05, 4.69) is 5.16 Å². The van der Waals surface area contributed by atoms with Crippen molar-refractivity contribution in [1.29, 1.82) is 0 Å². The van der Waals surface area contributed by atoms with E-state index in [0.717, 1.165) is 5.56 Å². The van der Waals surface area contributed by atoms with Crippen LogP contribution in [0, 0.1) is 12.7 Å². The highest BCUT2D eigenvalue weighted by Crippen LogP contribution is 2.34. The number of methoxy groups -OCH3 is 1. The minimum Gasteiger partial charge on any atom is -0.493 e. The molecule has 84 valence electrons. The second-order valence-corrected chi connectivity index (χ2v) is 3.44. The number of ether oxygens (including phenoxy) is 1. The van der Waals surface area contributed by atoms with Crippen molar-refractivity contribution in [2.75, 3.05) is 12.8 Å². The predicted octanol–water partition coefficient (Wildman–Crippen LogP) is 2.38. The van der Waals surface area contributed by atoms with Crippen molar-refractivity contribution < 1.29 is 13.7 Å². The largest absolute Gasteiger partial charge is 0.493 e. The summed E-state index contributed by atoms with van der Waals surface area (Å²) in [5.74, 6) is 0.324. The van der Waals surface area contributed by atoms with Crippen LogP contribution in [0.2, 0.25) is 0 Å². The maximum absolute atomic E-state index is 13.6. The van der Waals surface area contributed by atoms with Gasteiger partial charge in [0.25, 0.3) is 0 Å². The van der Waals surface area contributed by atoms with Gasteiger partial charge in [-0.1, -0.05) is 5.16 Å². The Morgan fingerprint density at radius 2 is 2.12 bits per heavy atom. The number of hydrogen-bond acceptors (Lipinski definition) is 4. The molecule has 5 heteroatoms. The van der Waals surface area contributed by atoms with Crippen LogP contribution in [0.5, 0.6) is 5.75 Å². The summed E-state index contributed by atoms with van der Waals surface area (Å²) >= 11 is 0. The summed E-state index contributed by atoms with van der Waals surface area (Å²) in [7, 11) is 1.40. The second-order valence-electron chi connectivity index (χ2n) is 3.44. The third-order valence-corrected chi connectivity index (χ3v) is 2.19. The Kier molecular flexibility index (Phi) is 2.52. The summed E-state index contributed by atoms with van der Waals surface area (Å²) in [5, 5.41) is 3.55. The molecule has 1 heterocycles. The number of nitrogens with zero attached hydrogens (tertiary/aromatic N) is 1. The normalized spacial score (nSPS) is 10.4. The van der Waals surface area contributed by atoms with Crippen molar-refractivity contribution in [1.82, 2.24) is 5.16 Å². The highest BCUT2D eigenvalue weighted by molar-refractivity contribution is 5.68. The van der Waals surface area contributed by atoms with Crippen LogP contribution < -0.4 is 10.5 Å². The van der Waals surface area contributed by atoms with Crippen LogP contribution in [0.25, 0.3) is 11.3 Å². The minimum absolute atomic E-state index is 0.127. The van der Waals surface area contributed by atoms with Gasteiger partial charge >= 0.3 is 0 Å². The van der Waals surface area contributed by atoms with Gasteiger partial charge in [-0.05, 0) is 24.6 Å². The van der Waals surface area contributed by atoms with Crippen molar-refractivity contribution >= 4 is 5.82 Å². The van der Waals surface area contributed by atoms with E-state index in [1.54, 1.807) is 13.0 Å². The monoisotopic (exact) mass is 222 g/mol. The SMILES string of the molecule is COc1c(F)cc(C)cc1-c1cc(N)no1. The quantitative estimate of drug-likeness (QED) is 0.847. The lowest BCUT2D eigenvalue weighted by Crippen LogP contribution is -1.92. The van der Waals surface area contributed by atoms with Crippen molar-refractivity contribution in [2.45, 2.75) is 6.92 Å². The summed E-state index contributed by atoms with van der Waals surface area (Å²) < 4.78 is 23.6. The number of rotatable bonds is 2. The first-order valence-corrected chi connectivity index (χ1v) is 4.68. The number of halogens is 1. The smallest absolute Gasteiger partial charge is 0.172 e. The molecule has 2 aromatic rings. The summed E-state index contributed by atoms with van der Waals surface area (Å²) in [6, 6.07) is 4.67. The third kappa shape index (κ3) is 1.71. The van der Waals surface area contributed by atoms with Crippen LogP contribution >= 0.6 is 0 Å². The fourth-order valence-electron chi connectivity index (χ4n) is 1.54. The molecule has 2 rings (SSSR count). The zero-order valence-corrected chi connectivity index (χ0v) is 8.95. The molecule has 2 N–H and O–H groups in total. The highest BCUT2D eigenvalue weighted by Gasteiger charge is 2.15. The van der Waals surface area contributed by atoms with Crippen LogP contribution in [-0.2, 0) is 0 Å². The van der Waals surface area contributed by atoms with Crippen LogP contribution in [0.3, 0.4) is 0 Å². The molecule has 16 heavy (non-hydrogen) atoms. The molecule has 0 bridgehead atoms. The molecule has 0 atom stereocenters. The standard InChI is InChI=1S/C11H11FN2O2/c1-6-3-7(9-5-10(13)14-16-9)11(15-2)8(12)4-6/h3-5H,1-2H3,(H2,13,14). The Hall–Kier alpha value is -2.04. The molecule has 0 amide bonds. The van der Waals surface area contributed by atoms with Gasteiger partial charge in [-0.2, -0.15) is 0 Å².